The molecular formula is C34H56O10. The van der Waals surface area contributed by atoms with Crippen molar-refractivity contribution in [3.8, 4) is 0 Å². The number of rotatable bonds is 7. The number of hydrogen-bond acceptors (Lipinski definition) is 10. The number of hydrogen-bond donors (Lipinski definition) is 6. The van der Waals surface area contributed by atoms with E-state index >= 15 is 0 Å². The average molecular weight is 625 g/mol. The topological polar surface area (TPSA) is 166 Å². The first-order valence-corrected chi connectivity index (χ1v) is 17.3. The number of fused-ring (bicyclic) bond motifs is 7. The minimum absolute atomic E-state index is 0.153. The minimum atomic E-state index is -2.08. The first-order chi connectivity index (χ1) is 20.8. The van der Waals surface area contributed by atoms with Gasteiger partial charge in [-0.1, -0.05) is 27.7 Å². The lowest BCUT2D eigenvalue weighted by atomic mass is 9.44. The molecule has 17 atom stereocenters. The van der Waals surface area contributed by atoms with Gasteiger partial charge >= 0.3 is 5.97 Å². The number of ether oxygens (including phenoxy) is 3. The van der Waals surface area contributed by atoms with Crippen LogP contribution in [0.3, 0.4) is 0 Å². The SMILES string of the molecule is C[C@@H]1CC[C@@]2(OC1)OC1C[C@H]3C4CC[C@H]5C[C@@H](OC(=O)[C@@H](O)[C@@H](O)[C@H](O)[C@H](O)[C@@H](O)CO)CC[C@]5(C)C4CC[C@]3(C)C1[C@@H]2C. The van der Waals surface area contributed by atoms with Crippen LogP contribution >= 0.6 is 0 Å². The molecule has 6 rings (SSSR count). The van der Waals surface area contributed by atoms with Crippen molar-refractivity contribution in [2.45, 2.75) is 140 Å². The Kier molecular flexibility index (Phi) is 9.01. The molecule has 2 saturated heterocycles. The van der Waals surface area contributed by atoms with Gasteiger partial charge in [0.05, 0.1) is 19.3 Å². The predicted molar refractivity (Wildman–Crippen MR) is 159 cm³/mol. The summed E-state index contributed by atoms with van der Waals surface area (Å²) in [5.74, 6) is 2.41. The molecule has 0 bridgehead atoms. The first-order valence-electron chi connectivity index (χ1n) is 17.3. The zero-order valence-electron chi connectivity index (χ0n) is 26.9. The van der Waals surface area contributed by atoms with E-state index < -0.39 is 55.0 Å². The van der Waals surface area contributed by atoms with Crippen molar-refractivity contribution in [1.29, 1.82) is 0 Å². The van der Waals surface area contributed by atoms with Crippen molar-refractivity contribution in [3.05, 3.63) is 0 Å². The Hall–Kier alpha value is -0.850. The Morgan fingerprint density at radius 2 is 1.59 bits per heavy atom. The monoisotopic (exact) mass is 624 g/mol. The molecule has 0 amide bonds. The number of esters is 1. The van der Waals surface area contributed by atoms with E-state index in [2.05, 4.69) is 27.7 Å². The molecule has 0 radical (unpaired) electrons. The zero-order chi connectivity index (χ0) is 31.8. The van der Waals surface area contributed by atoms with Gasteiger partial charge in [0, 0.05) is 12.3 Å². The molecule has 0 aromatic heterocycles. The van der Waals surface area contributed by atoms with Crippen molar-refractivity contribution in [2.24, 2.45) is 52.3 Å². The lowest BCUT2D eigenvalue weighted by Gasteiger charge is -2.61. The molecule has 10 heteroatoms. The first kappa shape index (κ1) is 33.1. The van der Waals surface area contributed by atoms with Crippen LogP contribution in [0, 0.1) is 52.3 Å². The van der Waals surface area contributed by atoms with Gasteiger partial charge in [0.25, 0.3) is 0 Å². The van der Waals surface area contributed by atoms with Crippen molar-refractivity contribution in [1.82, 2.24) is 0 Å². The summed E-state index contributed by atoms with van der Waals surface area (Å²) in [6, 6.07) is 0. The predicted octanol–water partition coefficient (Wildman–Crippen LogP) is 2.14. The van der Waals surface area contributed by atoms with Crippen molar-refractivity contribution >= 4 is 5.97 Å². The van der Waals surface area contributed by atoms with E-state index in [1.807, 2.05) is 0 Å². The molecule has 6 N–H and O–H groups in total. The summed E-state index contributed by atoms with van der Waals surface area (Å²) in [5.41, 5.74) is 0.416. The molecule has 6 fully saturated rings. The lowest BCUT2D eigenvalue weighted by Crippen LogP contribution is -2.55. The Morgan fingerprint density at radius 3 is 2.27 bits per heavy atom. The molecule has 44 heavy (non-hydrogen) atoms. The number of carbonyl (C=O) groups is 1. The fourth-order valence-electron chi connectivity index (χ4n) is 11.4. The summed E-state index contributed by atoms with van der Waals surface area (Å²) >= 11 is 0. The van der Waals surface area contributed by atoms with Gasteiger partial charge in [0.1, 0.15) is 30.5 Å². The van der Waals surface area contributed by atoms with E-state index in [4.69, 9.17) is 19.3 Å². The summed E-state index contributed by atoms with van der Waals surface area (Å²) in [6.45, 7) is 9.59. The molecule has 4 aliphatic carbocycles. The minimum Gasteiger partial charge on any atom is -0.460 e. The van der Waals surface area contributed by atoms with Crippen LogP contribution in [0.2, 0.25) is 0 Å². The average Bonchev–Trinajstić information content (AvgIpc) is 3.46. The summed E-state index contributed by atoms with van der Waals surface area (Å²) in [5, 5.41) is 59.1. The number of aliphatic hydroxyl groups excluding tert-OH is 6. The molecule has 1 spiro atoms. The maximum Gasteiger partial charge on any atom is 0.338 e. The van der Waals surface area contributed by atoms with Crippen molar-refractivity contribution < 1.29 is 49.6 Å². The van der Waals surface area contributed by atoms with Crippen LogP contribution in [-0.2, 0) is 19.0 Å². The van der Waals surface area contributed by atoms with Crippen molar-refractivity contribution in [2.75, 3.05) is 13.2 Å². The lowest BCUT2D eigenvalue weighted by molar-refractivity contribution is -0.273. The Labute approximate surface area is 261 Å². The normalized spacial score (nSPS) is 50.0. The molecule has 2 heterocycles. The van der Waals surface area contributed by atoms with Gasteiger partial charge in [0.2, 0.25) is 0 Å². The Balaban J connectivity index is 1.08. The largest absolute Gasteiger partial charge is 0.460 e. The molecule has 252 valence electrons. The van der Waals surface area contributed by atoms with E-state index in [0.29, 0.717) is 54.3 Å². The summed E-state index contributed by atoms with van der Waals surface area (Å²) in [4.78, 5) is 12.7. The standard InChI is InChI=1S/C34H56O10/c1-17-7-12-34(42-16-17)18(2)26-25(44-34)14-23-21-6-5-19-13-20(8-10-32(19,3)22(21)9-11-33(23,26)4)43-31(41)30(40)29(39)28(38)27(37)24(36)15-35/h17-30,35-40H,5-16H2,1-4H3/t17-,18+,19+,20+,21?,22?,23+,24+,25?,26?,27-,28-,29+,30+,32+,33+,34-/m1/s1. The van der Waals surface area contributed by atoms with Crippen molar-refractivity contribution in [3.63, 3.8) is 0 Å². The van der Waals surface area contributed by atoms with Crippen LogP contribution in [0.15, 0.2) is 0 Å². The highest BCUT2D eigenvalue weighted by atomic mass is 16.7. The summed E-state index contributed by atoms with van der Waals surface area (Å²) in [7, 11) is 0. The van der Waals surface area contributed by atoms with Crippen LogP contribution in [0.4, 0.5) is 0 Å². The zero-order valence-corrected chi connectivity index (χ0v) is 26.9. The summed E-state index contributed by atoms with van der Waals surface area (Å²) < 4.78 is 19.0. The van der Waals surface area contributed by atoms with Gasteiger partial charge in [-0.3, -0.25) is 0 Å². The van der Waals surface area contributed by atoms with Gasteiger partial charge in [-0.2, -0.15) is 0 Å². The third kappa shape index (κ3) is 5.18. The smallest absolute Gasteiger partial charge is 0.338 e. The summed E-state index contributed by atoms with van der Waals surface area (Å²) in [6.07, 6.45) is 0.309. The van der Waals surface area contributed by atoms with Gasteiger partial charge in [-0.05, 0) is 104 Å². The molecular weight excluding hydrogens is 568 g/mol. The Morgan fingerprint density at radius 1 is 0.864 bits per heavy atom. The second-order valence-electron chi connectivity index (χ2n) is 16.2. The molecule has 2 aliphatic heterocycles. The fraction of sp³-hybridized carbons (Fsp3) is 0.971. The highest BCUT2D eigenvalue weighted by Gasteiger charge is 2.69. The van der Waals surface area contributed by atoms with Crippen LogP contribution in [0.25, 0.3) is 0 Å². The second-order valence-corrected chi connectivity index (χ2v) is 16.2. The molecule has 0 aromatic rings. The van der Waals surface area contributed by atoms with E-state index in [1.54, 1.807) is 0 Å². The number of aliphatic hydroxyl groups is 6. The highest BCUT2D eigenvalue weighted by molar-refractivity contribution is 5.75. The highest BCUT2D eigenvalue weighted by Crippen LogP contribution is 2.71. The van der Waals surface area contributed by atoms with E-state index in [9.17, 15) is 30.3 Å². The molecule has 10 nitrogen and oxygen atoms in total. The van der Waals surface area contributed by atoms with E-state index in [-0.39, 0.29) is 16.9 Å². The molecule has 4 unspecified atom stereocenters. The van der Waals surface area contributed by atoms with Gasteiger partial charge in [0.15, 0.2) is 11.9 Å². The van der Waals surface area contributed by atoms with E-state index in [0.717, 1.165) is 38.7 Å². The third-order valence-electron chi connectivity index (χ3n) is 14.0. The quantitative estimate of drug-likeness (QED) is 0.231. The van der Waals surface area contributed by atoms with Gasteiger partial charge in [-0.25, -0.2) is 4.79 Å². The molecule has 6 aliphatic rings. The van der Waals surface area contributed by atoms with Crippen LogP contribution in [0.5, 0.6) is 0 Å². The fourth-order valence-corrected chi connectivity index (χ4v) is 11.4. The second kappa shape index (κ2) is 12.0. The molecule has 0 aromatic carbocycles. The third-order valence-corrected chi connectivity index (χ3v) is 14.0. The maximum absolute atomic E-state index is 12.7. The maximum atomic E-state index is 12.7. The van der Waals surface area contributed by atoms with Gasteiger partial charge < -0.3 is 44.8 Å². The molecule has 4 saturated carbocycles. The van der Waals surface area contributed by atoms with Gasteiger partial charge in [-0.15, -0.1) is 0 Å². The van der Waals surface area contributed by atoms with Crippen LogP contribution in [-0.4, -0.2) is 98.3 Å². The Bertz CT molecular complexity index is 1050. The van der Waals surface area contributed by atoms with Crippen LogP contribution in [0.1, 0.15) is 91.9 Å². The van der Waals surface area contributed by atoms with Crippen LogP contribution < -0.4 is 0 Å². The number of carbonyl (C=O) groups excluding carboxylic acids is 1. The van der Waals surface area contributed by atoms with E-state index in [1.165, 1.54) is 19.3 Å².